The molecule has 6 heteroatoms. The van der Waals surface area contributed by atoms with Crippen LogP contribution in [0.2, 0.25) is 0 Å². The van der Waals surface area contributed by atoms with Gasteiger partial charge in [0, 0.05) is 25.4 Å². The summed E-state index contributed by atoms with van der Waals surface area (Å²) in [5.74, 6) is 0.482. The maximum Gasteiger partial charge on any atom is 0.248 e. The Balaban J connectivity index is 2.24. The third kappa shape index (κ3) is 2.79. The lowest BCUT2D eigenvalue weighted by Gasteiger charge is -2.33. The van der Waals surface area contributed by atoms with Gasteiger partial charge in [0.05, 0.1) is 6.54 Å². The number of hydrogen-bond acceptors (Lipinski definition) is 4. The minimum absolute atomic E-state index is 0.0409. The zero-order chi connectivity index (χ0) is 14.6. The topological polar surface area (TPSA) is 75.2 Å². The van der Waals surface area contributed by atoms with Gasteiger partial charge < -0.3 is 10.2 Å². The number of aromatic nitrogens is 2. The highest BCUT2D eigenvalue weighted by Crippen LogP contribution is 2.22. The Morgan fingerprint density at radius 3 is 2.50 bits per heavy atom. The molecule has 0 saturated carbocycles. The Morgan fingerprint density at radius 1 is 1.25 bits per heavy atom. The second-order valence-corrected chi connectivity index (χ2v) is 4.98. The minimum Gasteiger partial charge on any atom is -0.342 e. The number of amides is 2. The third-order valence-corrected chi connectivity index (χ3v) is 3.84. The van der Waals surface area contributed by atoms with Crippen LogP contribution < -0.4 is 5.32 Å². The van der Waals surface area contributed by atoms with Crippen LogP contribution >= 0.6 is 0 Å². The number of carbonyl (C=O) groups excluding carboxylic acids is 2. The molecule has 6 nitrogen and oxygen atoms in total. The zero-order valence-electron chi connectivity index (χ0n) is 11.9. The second kappa shape index (κ2) is 5.98. The average Bonchev–Trinajstić information content (AvgIpc) is 2.60. The maximum absolute atomic E-state index is 12.7. The van der Waals surface area contributed by atoms with Crippen LogP contribution in [0.4, 0.5) is 0 Å². The average molecular weight is 276 g/mol. The number of carbonyl (C=O) groups is 2. The molecule has 0 atom stereocenters. The molecular formula is C14H20N4O2. The highest BCUT2D eigenvalue weighted by molar-refractivity contribution is 5.93. The van der Waals surface area contributed by atoms with E-state index in [-0.39, 0.29) is 11.8 Å². The summed E-state index contributed by atoms with van der Waals surface area (Å²) in [7, 11) is 0. The highest BCUT2D eigenvalue weighted by atomic mass is 16.2. The van der Waals surface area contributed by atoms with Gasteiger partial charge in [0.15, 0.2) is 0 Å². The third-order valence-electron chi connectivity index (χ3n) is 3.84. The van der Waals surface area contributed by atoms with E-state index in [2.05, 4.69) is 15.3 Å². The number of nitrogens with one attached hydrogen (secondary N) is 1. The van der Waals surface area contributed by atoms with Crippen LogP contribution in [0.3, 0.4) is 0 Å². The van der Waals surface area contributed by atoms with Crippen molar-refractivity contribution >= 4 is 11.8 Å². The largest absolute Gasteiger partial charge is 0.342 e. The van der Waals surface area contributed by atoms with Crippen LogP contribution in [-0.4, -0.2) is 38.8 Å². The highest BCUT2D eigenvalue weighted by Gasteiger charge is 2.41. The first-order valence-corrected chi connectivity index (χ1v) is 6.97. The first-order chi connectivity index (χ1) is 9.61. The van der Waals surface area contributed by atoms with Crippen molar-refractivity contribution < 1.29 is 9.59 Å². The van der Waals surface area contributed by atoms with Gasteiger partial charge in [-0.1, -0.05) is 13.8 Å². The van der Waals surface area contributed by atoms with Gasteiger partial charge in [-0.25, -0.2) is 9.97 Å². The fraction of sp³-hybridized carbons (Fsp3) is 0.571. The molecule has 0 bridgehead atoms. The van der Waals surface area contributed by atoms with Crippen molar-refractivity contribution in [3.8, 4) is 0 Å². The maximum atomic E-state index is 12.7. The summed E-state index contributed by atoms with van der Waals surface area (Å²) >= 11 is 0. The van der Waals surface area contributed by atoms with Crippen LogP contribution in [-0.2, 0) is 16.1 Å². The molecule has 1 N–H and O–H groups in total. The number of hydrogen-bond donors (Lipinski definition) is 1. The van der Waals surface area contributed by atoms with Crippen LogP contribution in [0.15, 0.2) is 18.5 Å². The molecule has 108 valence electrons. The van der Waals surface area contributed by atoms with Crippen molar-refractivity contribution in [2.75, 3.05) is 6.54 Å². The minimum atomic E-state index is -0.789. The van der Waals surface area contributed by atoms with Gasteiger partial charge in [-0.05, 0) is 18.9 Å². The molecule has 2 heterocycles. The molecule has 2 amide bonds. The Hall–Kier alpha value is -1.98. The Kier molecular flexibility index (Phi) is 4.32. The van der Waals surface area contributed by atoms with Crippen LogP contribution in [0.1, 0.15) is 38.9 Å². The molecule has 1 aliphatic rings. The summed E-state index contributed by atoms with van der Waals surface area (Å²) in [4.78, 5) is 34.5. The molecule has 1 aliphatic heterocycles. The summed E-state index contributed by atoms with van der Waals surface area (Å²) in [6, 6.07) is 1.74. The lowest BCUT2D eigenvalue weighted by atomic mass is 9.91. The normalized spacial score (nSPS) is 18.6. The van der Waals surface area contributed by atoms with E-state index < -0.39 is 5.54 Å². The molecule has 1 aromatic rings. The van der Waals surface area contributed by atoms with Crippen molar-refractivity contribution in [3.63, 3.8) is 0 Å². The molecule has 0 aromatic carbocycles. The number of rotatable bonds is 4. The summed E-state index contributed by atoms with van der Waals surface area (Å²) in [5, 5.41) is 2.89. The molecule has 1 saturated heterocycles. The quantitative estimate of drug-likeness (QED) is 0.886. The van der Waals surface area contributed by atoms with E-state index in [1.54, 1.807) is 23.4 Å². The molecule has 0 aliphatic carbocycles. The van der Waals surface area contributed by atoms with Crippen molar-refractivity contribution in [1.82, 2.24) is 20.2 Å². The van der Waals surface area contributed by atoms with Crippen molar-refractivity contribution in [1.29, 1.82) is 0 Å². The van der Waals surface area contributed by atoms with Gasteiger partial charge in [-0.15, -0.1) is 0 Å². The van der Waals surface area contributed by atoms with E-state index in [0.29, 0.717) is 38.2 Å². The molecule has 0 spiro atoms. The van der Waals surface area contributed by atoms with Crippen molar-refractivity contribution in [2.45, 2.75) is 45.2 Å². The van der Waals surface area contributed by atoms with E-state index in [4.69, 9.17) is 0 Å². The molecule has 20 heavy (non-hydrogen) atoms. The van der Waals surface area contributed by atoms with Gasteiger partial charge >= 0.3 is 0 Å². The molecule has 1 fully saturated rings. The first-order valence-electron chi connectivity index (χ1n) is 6.97. The number of nitrogens with zero attached hydrogens (tertiary/aromatic N) is 3. The van der Waals surface area contributed by atoms with Gasteiger partial charge in [0.2, 0.25) is 11.8 Å². The van der Waals surface area contributed by atoms with Gasteiger partial charge in [0.25, 0.3) is 0 Å². The molecule has 0 radical (unpaired) electrons. The predicted molar refractivity (Wildman–Crippen MR) is 73.5 cm³/mol. The van der Waals surface area contributed by atoms with E-state index in [0.717, 1.165) is 0 Å². The molecular weight excluding hydrogens is 256 g/mol. The van der Waals surface area contributed by atoms with E-state index in [9.17, 15) is 9.59 Å². The molecule has 1 aromatic heterocycles. The summed E-state index contributed by atoms with van der Waals surface area (Å²) < 4.78 is 0. The lowest BCUT2D eigenvalue weighted by molar-refractivity contribution is -0.139. The second-order valence-electron chi connectivity index (χ2n) is 4.98. The van der Waals surface area contributed by atoms with Crippen LogP contribution in [0, 0.1) is 0 Å². The molecule has 2 rings (SSSR count). The SMILES string of the molecule is CCC1(CC)NC(=O)CCN(Cc2ncccn2)C1=O. The van der Waals surface area contributed by atoms with Crippen molar-refractivity contribution in [3.05, 3.63) is 24.3 Å². The Morgan fingerprint density at radius 2 is 1.90 bits per heavy atom. The van der Waals surface area contributed by atoms with E-state index in [1.807, 2.05) is 13.8 Å². The fourth-order valence-electron chi connectivity index (χ4n) is 2.49. The fourth-order valence-corrected chi connectivity index (χ4v) is 2.49. The van der Waals surface area contributed by atoms with Gasteiger partial charge in [-0.3, -0.25) is 9.59 Å². The van der Waals surface area contributed by atoms with Gasteiger partial charge in [0.1, 0.15) is 11.4 Å². The zero-order valence-corrected chi connectivity index (χ0v) is 11.9. The summed E-state index contributed by atoms with van der Waals surface area (Å²) in [6.45, 7) is 4.59. The predicted octanol–water partition coefficient (Wildman–Crippen LogP) is 0.884. The first kappa shape index (κ1) is 14.4. The van der Waals surface area contributed by atoms with Crippen LogP contribution in [0.5, 0.6) is 0 Å². The van der Waals surface area contributed by atoms with E-state index >= 15 is 0 Å². The van der Waals surface area contributed by atoms with Crippen LogP contribution in [0.25, 0.3) is 0 Å². The van der Waals surface area contributed by atoms with E-state index in [1.165, 1.54) is 0 Å². The Bertz CT molecular complexity index is 485. The molecule has 0 unspecified atom stereocenters. The monoisotopic (exact) mass is 276 g/mol. The standard InChI is InChI=1S/C14H20N4O2/c1-3-14(4-2)13(20)18(9-6-12(19)17-14)10-11-15-7-5-8-16-11/h5,7-8H,3-4,6,9-10H2,1-2H3,(H,17,19). The van der Waals surface area contributed by atoms with Gasteiger partial charge in [-0.2, -0.15) is 0 Å². The summed E-state index contributed by atoms with van der Waals surface area (Å²) in [5.41, 5.74) is -0.789. The Labute approximate surface area is 118 Å². The smallest absolute Gasteiger partial charge is 0.248 e. The lowest BCUT2D eigenvalue weighted by Crippen LogP contribution is -2.56. The summed E-state index contributed by atoms with van der Waals surface area (Å²) in [6.07, 6.45) is 4.79. The van der Waals surface area contributed by atoms with Crippen molar-refractivity contribution in [2.24, 2.45) is 0 Å².